The highest BCUT2D eigenvalue weighted by atomic mass is 35.5. The summed E-state index contributed by atoms with van der Waals surface area (Å²) < 4.78 is 49.7. The van der Waals surface area contributed by atoms with Gasteiger partial charge < -0.3 is 10.1 Å². The lowest BCUT2D eigenvalue weighted by Gasteiger charge is -2.10. The number of anilines is 1. The Balaban J connectivity index is 1.27. The number of alkyl halides is 3. The summed E-state index contributed by atoms with van der Waals surface area (Å²) in [5, 5.41) is 5.01. The molecule has 2 N–H and O–H groups in total. The van der Waals surface area contributed by atoms with Crippen LogP contribution in [0.4, 0.5) is 23.7 Å². The Labute approximate surface area is 233 Å². The van der Waals surface area contributed by atoms with E-state index in [0.29, 0.717) is 21.4 Å². The van der Waals surface area contributed by atoms with Crippen molar-refractivity contribution in [2.45, 2.75) is 6.36 Å². The predicted octanol–water partition coefficient (Wildman–Crippen LogP) is 8.19. The third-order valence-corrected chi connectivity index (χ3v) is 6.62. The topological polar surface area (TPSA) is 80.5 Å². The smallest absolute Gasteiger partial charge is 0.406 e. The van der Waals surface area contributed by atoms with Gasteiger partial charge in [-0.3, -0.25) is 9.29 Å². The van der Waals surface area contributed by atoms with Gasteiger partial charge in [-0.05, 0) is 59.5 Å². The molecule has 0 saturated carbocycles. The Kier molecular flexibility index (Phi) is 7.56. The number of urea groups is 1. The van der Waals surface area contributed by atoms with Crippen molar-refractivity contribution in [3.8, 4) is 11.4 Å². The maximum atomic E-state index is 12.4. The van der Waals surface area contributed by atoms with Crippen molar-refractivity contribution in [1.29, 1.82) is 0 Å². The number of benzene rings is 4. The van der Waals surface area contributed by atoms with Crippen molar-refractivity contribution in [2.24, 2.45) is 4.40 Å². The molecule has 0 radical (unpaired) electrons. The summed E-state index contributed by atoms with van der Waals surface area (Å²) in [6.45, 7) is 0. The van der Waals surface area contributed by atoms with Gasteiger partial charge >= 0.3 is 12.4 Å². The van der Waals surface area contributed by atoms with Crippen molar-refractivity contribution in [3.05, 3.63) is 94.7 Å². The Morgan fingerprint density at radius 1 is 1.03 bits per heavy atom. The van der Waals surface area contributed by atoms with E-state index in [1.165, 1.54) is 24.3 Å². The van der Waals surface area contributed by atoms with E-state index in [2.05, 4.69) is 24.2 Å². The third kappa shape index (κ3) is 6.22. The molecule has 4 aromatic carbocycles. The van der Waals surface area contributed by atoms with Gasteiger partial charge in [-0.25, -0.2) is 14.2 Å². The lowest BCUT2D eigenvalue weighted by molar-refractivity contribution is -0.274. The van der Waals surface area contributed by atoms with Gasteiger partial charge in [-0.1, -0.05) is 47.5 Å². The number of rotatable bonds is 6. The molecule has 5 aromatic rings. The molecule has 39 heavy (non-hydrogen) atoms. The monoisotopic (exact) mass is 589 g/mol. The van der Waals surface area contributed by atoms with Gasteiger partial charge in [-0.15, -0.1) is 13.2 Å². The molecule has 0 aliphatic rings. The molecular weight excluding hydrogens is 574 g/mol. The van der Waals surface area contributed by atoms with Crippen molar-refractivity contribution >= 4 is 75.1 Å². The van der Waals surface area contributed by atoms with E-state index in [0.717, 1.165) is 39.5 Å². The van der Waals surface area contributed by atoms with E-state index < -0.39 is 12.4 Å². The van der Waals surface area contributed by atoms with Crippen LogP contribution in [0.15, 0.2) is 83.5 Å². The second-order valence-electron chi connectivity index (χ2n) is 8.05. The number of carbonyl (C=O) groups is 1. The molecule has 0 spiro atoms. The summed E-state index contributed by atoms with van der Waals surface area (Å²) in [4.78, 5) is 16.6. The van der Waals surface area contributed by atoms with E-state index in [9.17, 15) is 18.0 Å². The highest BCUT2D eigenvalue weighted by molar-refractivity contribution is 7.96. The van der Waals surface area contributed by atoms with Crippen LogP contribution in [0, 0.1) is 0 Å². The number of nitrogens with zero attached hydrogens (tertiary/aromatic N) is 3. The fraction of sp³-hybridized carbons (Fsp3) is 0.0385. The van der Waals surface area contributed by atoms with Crippen LogP contribution in [0.2, 0.25) is 10.0 Å². The zero-order valence-electron chi connectivity index (χ0n) is 19.5. The summed E-state index contributed by atoms with van der Waals surface area (Å²) in [6.07, 6.45) is -1.54. The highest BCUT2D eigenvalue weighted by Gasteiger charge is 2.31. The lowest BCUT2D eigenvalue weighted by Crippen LogP contribution is -2.22. The minimum absolute atomic E-state index is 0.297. The Morgan fingerprint density at radius 3 is 2.49 bits per heavy atom. The van der Waals surface area contributed by atoms with Crippen molar-refractivity contribution < 1.29 is 22.7 Å². The first-order chi connectivity index (χ1) is 18.7. The Bertz CT molecular complexity index is 1690. The Hall–Kier alpha value is -3.93. The van der Waals surface area contributed by atoms with E-state index in [1.807, 2.05) is 30.3 Å². The molecule has 198 valence electrons. The largest absolute Gasteiger partial charge is 0.573 e. The van der Waals surface area contributed by atoms with Crippen LogP contribution in [-0.2, 0) is 0 Å². The van der Waals surface area contributed by atoms with Crippen LogP contribution < -0.4 is 14.8 Å². The number of amides is 2. The molecule has 13 heteroatoms. The van der Waals surface area contributed by atoms with Gasteiger partial charge in [0.1, 0.15) is 12.1 Å². The molecular formula is C26H16Cl2F3N5O2S. The molecule has 1 aromatic heterocycles. The first-order valence-corrected chi connectivity index (χ1v) is 12.7. The molecule has 0 aliphatic carbocycles. The maximum absolute atomic E-state index is 12.4. The van der Waals surface area contributed by atoms with Crippen LogP contribution in [-0.4, -0.2) is 28.2 Å². The van der Waals surface area contributed by atoms with Gasteiger partial charge in [0, 0.05) is 17.3 Å². The van der Waals surface area contributed by atoms with Gasteiger partial charge in [0.05, 0.1) is 38.9 Å². The molecule has 2 amide bonds. The third-order valence-electron chi connectivity index (χ3n) is 5.50. The summed E-state index contributed by atoms with van der Waals surface area (Å²) >= 11 is 12.9. The molecule has 0 fully saturated rings. The molecule has 0 saturated heterocycles. The first-order valence-electron chi connectivity index (χ1n) is 11.1. The number of halogens is 5. The minimum atomic E-state index is -4.75. The maximum Gasteiger partial charge on any atom is 0.573 e. The highest BCUT2D eigenvalue weighted by Crippen LogP contribution is 2.30. The van der Waals surface area contributed by atoms with Crippen molar-refractivity contribution in [1.82, 2.24) is 14.3 Å². The molecule has 7 nitrogen and oxygen atoms in total. The zero-order valence-corrected chi connectivity index (χ0v) is 21.9. The predicted molar refractivity (Wildman–Crippen MR) is 149 cm³/mol. The summed E-state index contributed by atoms with van der Waals surface area (Å²) in [5.74, 6) is -0.297. The lowest BCUT2D eigenvalue weighted by atomic mass is 10.1. The van der Waals surface area contributed by atoms with Crippen LogP contribution in [0.1, 0.15) is 5.56 Å². The fourth-order valence-corrected chi connectivity index (χ4v) is 4.69. The number of carbonyl (C=O) groups excluding carboxylic acids is 1. The number of imidazole rings is 1. The summed E-state index contributed by atoms with van der Waals surface area (Å²) in [7, 11) is 0. The normalized spacial score (nSPS) is 11.8. The minimum Gasteiger partial charge on any atom is -0.406 e. The van der Waals surface area contributed by atoms with Crippen molar-refractivity contribution in [2.75, 3.05) is 5.32 Å². The van der Waals surface area contributed by atoms with Gasteiger partial charge in [-0.2, -0.15) is 0 Å². The van der Waals surface area contributed by atoms with E-state index in [-0.39, 0.29) is 5.75 Å². The second kappa shape index (κ2) is 11.0. The molecule has 0 bridgehead atoms. The molecule has 0 unspecified atom stereocenters. The van der Waals surface area contributed by atoms with E-state index >= 15 is 0 Å². The van der Waals surface area contributed by atoms with Crippen LogP contribution >= 0.6 is 35.3 Å². The standard InChI is InChI=1S/C26H16Cl2F3N5O2S/c27-20-2-1-3-21(28)24(20)34-25(37)35-39-33-13-15-4-10-19-16(12-15)5-11-22-23(19)32-14-36(22)17-6-8-18(9-7-17)38-26(29,30)31/h1-14H,(H2,34,35,37)/b33-13+. The number of hydrogen-bond acceptors (Lipinski definition) is 5. The molecule has 0 aliphatic heterocycles. The second-order valence-corrected chi connectivity index (χ2v) is 9.46. The van der Waals surface area contributed by atoms with Crippen LogP contribution in [0.25, 0.3) is 27.5 Å². The summed E-state index contributed by atoms with van der Waals surface area (Å²) in [6, 6.07) is 19.4. The zero-order chi connectivity index (χ0) is 27.6. The van der Waals surface area contributed by atoms with E-state index in [4.69, 9.17) is 23.2 Å². The number of fused-ring (bicyclic) bond motifs is 3. The SMILES string of the molecule is O=C(NS/N=C/c1ccc2c(ccc3c2ncn3-c2ccc(OC(F)(F)F)cc2)c1)Nc1c(Cl)cccc1Cl. The number of nitrogens with one attached hydrogen (secondary N) is 2. The fourth-order valence-electron chi connectivity index (χ4n) is 3.83. The number of ether oxygens (including phenoxy) is 1. The van der Waals surface area contributed by atoms with Gasteiger partial charge in [0.25, 0.3) is 0 Å². The quantitative estimate of drug-likeness (QED) is 0.154. The average molecular weight is 590 g/mol. The first kappa shape index (κ1) is 26.7. The van der Waals surface area contributed by atoms with E-state index in [1.54, 1.807) is 35.3 Å². The van der Waals surface area contributed by atoms with Crippen LogP contribution in [0.3, 0.4) is 0 Å². The van der Waals surface area contributed by atoms with Crippen LogP contribution in [0.5, 0.6) is 5.75 Å². The number of aromatic nitrogens is 2. The molecule has 1 heterocycles. The Morgan fingerprint density at radius 2 is 1.77 bits per heavy atom. The number of hydrogen-bond donors (Lipinski definition) is 2. The summed E-state index contributed by atoms with van der Waals surface area (Å²) in [5.41, 5.74) is 3.26. The number of para-hydroxylation sites is 1. The molecule has 5 rings (SSSR count). The van der Waals surface area contributed by atoms with Gasteiger partial charge in [0.15, 0.2) is 0 Å². The van der Waals surface area contributed by atoms with Gasteiger partial charge in [0.2, 0.25) is 0 Å². The van der Waals surface area contributed by atoms with Crippen molar-refractivity contribution in [3.63, 3.8) is 0 Å². The average Bonchev–Trinajstić information content (AvgIpc) is 3.33. The molecule has 0 atom stereocenters.